The second-order valence-electron chi connectivity index (χ2n) is 6.56. The third-order valence-corrected chi connectivity index (χ3v) is 4.09. The minimum atomic E-state index is 0.378. The zero-order valence-electron chi connectivity index (χ0n) is 13.4. The van der Waals surface area contributed by atoms with Crippen LogP contribution in [0.2, 0.25) is 5.02 Å². The van der Waals surface area contributed by atoms with E-state index in [1.165, 1.54) is 0 Å². The molecule has 0 fully saturated rings. The van der Waals surface area contributed by atoms with E-state index in [4.69, 9.17) is 22.3 Å². The molecule has 1 unspecified atom stereocenters. The van der Waals surface area contributed by atoms with Crippen molar-refractivity contribution in [3.8, 4) is 0 Å². The number of nitrogens with zero attached hydrogens (tertiary/aromatic N) is 2. The Bertz CT molecular complexity index is 601. The van der Waals surface area contributed by atoms with Gasteiger partial charge in [-0.25, -0.2) is 4.98 Å². The molecule has 3 nitrogen and oxygen atoms in total. The summed E-state index contributed by atoms with van der Waals surface area (Å²) in [6.45, 7) is 9.58. The number of rotatable bonds is 6. The molecule has 0 aliphatic heterocycles. The van der Waals surface area contributed by atoms with E-state index in [0.717, 1.165) is 34.7 Å². The summed E-state index contributed by atoms with van der Waals surface area (Å²) in [7, 11) is 0. The summed E-state index contributed by atoms with van der Waals surface area (Å²) in [4.78, 5) is 4.81. The number of nitrogens with two attached hydrogens (primary N) is 1. The zero-order chi connectivity index (χ0) is 15.6. The van der Waals surface area contributed by atoms with Crippen LogP contribution in [0.15, 0.2) is 18.2 Å². The lowest BCUT2D eigenvalue weighted by Gasteiger charge is -2.19. The van der Waals surface area contributed by atoms with Gasteiger partial charge in [-0.1, -0.05) is 25.4 Å². The molecule has 2 aromatic rings. The van der Waals surface area contributed by atoms with E-state index in [2.05, 4.69) is 38.3 Å². The van der Waals surface area contributed by atoms with Crippen LogP contribution in [0, 0.1) is 11.8 Å². The highest BCUT2D eigenvalue weighted by molar-refractivity contribution is 6.31. The SMILES string of the molecule is CC(C)CC(CN)Cc1nc2cc(Cl)ccc2n1C(C)C. The number of benzene rings is 1. The van der Waals surface area contributed by atoms with E-state index in [1.54, 1.807) is 0 Å². The Balaban J connectivity index is 2.40. The van der Waals surface area contributed by atoms with E-state index in [-0.39, 0.29) is 0 Å². The summed E-state index contributed by atoms with van der Waals surface area (Å²) in [5.74, 6) is 2.26. The Morgan fingerprint density at radius 3 is 2.52 bits per heavy atom. The van der Waals surface area contributed by atoms with Gasteiger partial charge in [-0.2, -0.15) is 0 Å². The molecule has 0 radical (unpaired) electrons. The molecule has 0 aliphatic carbocycles. The molecule has 0 aliphatic rings. The fourth-order valence-corrected chi connectivity index (χ4v) is 3.20. The molecule has 1 aromatic carbocycles. The van der Waals surface area contributed by atoms with Crippen molar-refractivity contribution in [2.75, 3.05) is 6.54 Å². The van der Waals surface area contributed by atoms with Crippen molar-refractivity contribution in [2.45, 2.75) is 46.6 Å². The number of halogens is 1. The van der Waals surface area contributed by atoms with E-state index < -0.39 is 0 Å². The lowest BCUT2D eigenvalue weighted by molar-refractivity contribution is 0.400. The molecular formula is C17H26ClN3. The van der Waals surface area contributed by atoms with E-state index in [0.29, 0.717) is 24.4 Å². The van der Waals surface area contributed by atoms with Crippen LogP contribution in [0.25, 0.3) is 11.0 Å². The van der Waals surface area contributed by atoms with Gasteiger partial charge >= 0.3 is 0 Å². The van der Waals surface area contributed by atoms with E-state index >= 15 is 0 Å². The van der Waals surface area contributed by atoms with Crippen LogP contribution in [-0.4, -0.2) is 16.1 Å². The minimum Gasteiger partial charge on any atom is -0.330 e. The van der Waals surface area contributed by atoms with Crippen molar-refractivity contribution in [3.05, 3.63) is 29.0 Å². The number of imidazole rings is 1. The quantitative estimate of drug-likeness (QED) is 0.857. The second-order valence-corrected chi connectivity index (χ2v) is 7.00. The molecule has 0 spiro atoms. The average molecular weight is 308 g/mol. The van der Waals surface area contributed by atoms with E-state index in [1.807, 2.05) is 12.1 Å². The molecule has 0 saturated heterocycles. The molecule has 1 heterocycles. The summed E-state index contributed by atoms with van der Waals surface area (Å²) >= 11 is 6.09. The summed E-state index contributed by atoms with van der Waals surface area (Å²) < 4.78 is 2.31. The molecule has 0 bridgehead atoms. The van der Waals surface area contributed by atoms with Crippen molar-refractivity contribution in [2.24, 2.45) is 17.6 Å². The standard InChI is InChI=1S/C17H26ClN3/c1-11(2)7-13(10-19)8-17-20-15-9-14(18)5-6-16(15)21(17)12(3)4/h5-6,9,11-13H,7-8,10,19H2,1-4H3. The van der Waals surface area contributed by atoms with Crippen LogP contribution in [0.5, 0.6) is 0 Å². The van der Waals surface area contributed by atoms with E-state index in [9.17, 15) is 0 Å². The molecular weight excluding hydrogens is 282 g/mol. The summed E-state index contributed by atoms with van der Waals surface area (Å²) in [6, 6.07) is 6.32. The van der Waals surface area contributed by atoms with Gasteiger partial charge in [0.25, 0.3) is 0 Å². The Morgan fingerprint density at radius 1 is 1.24 bits per heavy atom. The van der Waals surface area contributed by atoms with Crippen molar-refractivity contribution < 1.29 is 0 Å². The first-order chi connectivity index (χ1) is 9.92. The van der Waals surface area contributed by atoms with Gasteiger partial charge < -0.3 is 10.3 Å². The Hall–Kier alpha value is -1.06. The lowest BCUT2D eigenvalue weighted by Crippen LogP contribution is -2.21. The maximum Gasteiger partial charge on any atom is 0.110 e. The lowest BCUT2D eigenvalue weighted by atomic mass is 9.94. The largest absolute Gasteiger partial charge is 0.330 e. The molecule has 4 heteroatoms. The number of fused-ring (bicyclic) bond motifs is 1. The zero-order valence-corrected chi connectivity index (χ0v) is 14.2. The molecule has 2 rings (SSSR count). The highest BCUT2D eigenvalue weighted by Crippen LogP contribution is 2.26. The smallest absolute Gasteiger partial charge is 0.110 e. The highest BCUT2D eigenvalue weighted by Gasteiger charge is 2.18. The van der Waals surface area contributed by atoms with Crippen molar-refractivity contribution in [1.82, 2.24) is 9.55 Å². The molecule has 116 valence electrons. The first kappa shape index (κ1) is 16.3. The van der Waals surface area contributed by atoms with Crippen molar-refractivity contribution in [3.63, 3.8) is 0 Å². The van der Waals surface area contributed by atoms with Gasteiger partial charge in [-0.05, 0) is 56.8 Å². The van der Waals surface area contributed by atoms with Gasteiger partial charge in [-0.3, -0.25) is 0 Å². The number of aromatic nitrogens is 2. The molecule has 1 atom stereocenters. The van der Waals surface area contributed by atoms with Crippen LogP contribution in [0.3, 0.4) is 0 Å². The summed E-state index contributed by atoms with van der Waals surface area (Å²) in [5, 5.41) is 0.736. The monoisotopic (exact) mass is 307 g/mol. The van der Waals surface area contributed by atoms with Crippen molar-refractivity contribution in [1.29, 1.82) is 0 Å². The third-order valence-electron chi connectivity index (χ3n) is 3.85. The molecule has 0 saturated carbocycles. The highest BCUT2D eigenvalue weighted by atomic mass is 35.5. The van der Waals surface area contributed by atoms with Crippen LogP contribution < -0.4 is 5.73 Å². The van der Waals surface area contributed by atoms with Gasteiger partial charge in [0.05, 0.1) is 11.0 Å². The average Bonchev–Trinajstić information content (AvgIpc) is 2.74. The van der Waals surface area contributed by atoms with Crippen molar-refractivity contribution >= 4 is 22.6 Å². The minimum absolute atomic E-state index is 0.378. The van der Waals surface area contributed by atoms with Crippen LogP contribution in [0.1, 0.15) is 46.0 Å². The van der Waals surface area contributed by atoms with Gasteiger partial charge in [0, 0.05) is 17.5 Å². The maximum atomic E-state index is 6.09. The number of hydrogen-bond donors (Lipinski definition) is 1. The normalized spacial score (nSPS) is 13.5. The first-order valence-electron chi connectivity index (χ1n) is 7.78. The predicted octanol–water partition coefficient (Wildman–Crippen LogP) is 4.43. The molecule has 2 N–H and O–H groups in total. The Morgan fingerprint density at radius 2 is 1.95 bits per heavy atom. The third kappa shape index (κ3) is 3.78. The van der Waals surface area contributed by atoms with Gasteiger partial charge in [0.2, 0.25) is 0 Å². The molecule has 0 amide bonds. The molecule has 21 heavy (non-hydrogen) atoms. The molecule has 1 aromatic heterocycles. The number of hydrogen-bond acceptors (Lipinski definition) is 2. The fraction of sp³-hybridized carbons (Fsp3) is 0.588. The Labute approximate surface area is 132 Å². The second kappa shape index (κ2) is 6.80. The van der Waals surface area contributed by atoms with Crippen LogP contribution in [-0.2, 0) is 6.42 Å². The van der Waals surface area contributed by atoms with Crippen LogP contribution >= 0.6 is 11.6 Å². The van der Waals surface area contributed by atoms with Gasteiger partial charge in [0.15, 0.2) is 0 Å². The summed E-state index contributed by atoms with van der Waals surface area (Å²) in [5.41, 5.74) is 8.09. The Kier molecular flexibility index (Phi) is 5.28. The topological polar surface area (TPSA) is 43.8 Å². The maximum absolute atomic E-state index is 6.09. The van der Waals surface area contributed by atoms with Gasteiger partial charge in [0.1, 0.15) is 5.82 Å². The summed E-state index contributed by atoms with van der Waals surface area (Å²) in [6.07, 6.45) is 2.07. The fourth-order valence-electron chi connectivity index (χ4n) is 3.03. The van der Waals surface area contributed by atoms with Gasteiger partial charge in [-0.15, -0.1) is 0 Å². The predicted molar refractivity (Wildman–Crippen MR) is 90.8 cm³/mol. The van der Waals surface area contributed by atoms with Crippen LogP contribution in [0.4, 0.5) is 0 Å². The first-order valence-corrected chi connectivity index (χ1v) is 8.16.